The molecule has 1 amide bonds. The first-order valence-electron chi connectivity index (χ1n) is 6.68. The Hall–Kier alpha value is -1.26. The summed E-state index contributed by atoms with van der Waals surface area (Å²) >= 11 is 0. The third-order valence-corrected chi connectivity index (χ3v) is 3.72. The van der Waals surface area contributed by atoms with E-state index in [9.17, 15) is 14.7 Å². The van der Waals surface area contributed by atoms with E-state index >= 15 is 0 Å². The molecule has 1 unspecified atom stereocenters. The van der Waals surface area contributed by atoms with Crippen LogP contribution in [-0.2, 0) is 9.53 Å². The minimum absolute atomic E-state index is 0.142. The third-order valence-electron chi connectivity index (χ3n) is 3.72. The topological polar surface area (TPSA) is 75.6 Å². The molecule has 0 spiro atoms. The summed E-state index contributed by atoms with van der Waals surface area (Å²) in [4.78, 5) is 22.9. The van der Waals surface area contributed by atoms with E-state index < -0.39 is 17.5 Å². The van der Waals surface area contributed by atoms with Gasteiger partial charge in [-0.05, 0) is 26.2 Å². The predicted octanol–water partition coefficient (Wildman–Crippen LogP) is 2.55. The zero-order valence-electron chi connectivity index (χ0n) is 11.2. The maximum absolute atomic E-state index is 11.5. The standard InChI is InChI=1S/C13H23NO4/c1-3-10(2)18-12(17)14-9-13(11(15)16)7-5-4-6-8-13/h10H,3-9H2,1-2H3,(H,14,17)(H,15,16). The Balaban J connectivity index is 2.47. The summed E-state index contributed by atoms with van der Waals surface area (Å²) in [5.74, 6) is -0.814. The van der Waals surface area contributed by atoms with Crippen LogP contribution in [0.3, 0.4) is 0 Å². The number of alkyl carbamates (subject to hydrolysis) is 1. The van der Waals surface area contributed by atoms with Crippen molar-refractivity contribution in [3.8, 4) is 0 Å². The molecule has 0 saturated heterocycles. The van der Waals surface area contributed by atoms with Crippen molar-refractivity contribution < 1.29 is 19.4 Å². The Morgan fingerprint density at radius 1 is 1.33 bits per heavy atom. The molecule has 5 nitrogen and oxygen atoms in total. The molecule has 104 valence electrons. The first-order valence-corrected chi connectivity index (χ1v) is 6.68. The van der Waals surface area contributed by atoms with Crippen LogP contribution in [0.25, 0.3) is 0 Å². The maximum Gasteiger partial charge on any atom is 0.407 e. The Morgan fingerprint density at radius 3 is 2.44 bits per heavy atom. The highest BCUT2D eigenvalue weighted by molar-refractivity contribution is 5.76. The zero-order chi connectivity index (χ0) is 13.6. The van der Waals surface area contributed by atoms with Crippen LogP contribution in [0.5, 0.6) is 0 Å². The van der Waals surface area contributed by atoms with Crippen LogP contribution < -0.4 is 5.32 Å². The molecule has 1 saturated carbocycles. The predicted molar refractivity (Wildman–Crippen MR) is 67.4 cm³/mol. The van der Waals surface area contributed by atoms with Crippen molar-refractivity contribution in [2.75, 3.05) is 6.54 Å². The molecular weight excluding hydrogens is 234 g/mol. The smallest absolute Gasteiger partial charge is 0.407 e. The minimum Gasteiger partial charge on any atom is -0.481 e. The number of nitrogens with one attached hydrogen (secondary N) is 1. The van der Waals surface area contributed by atoms with Crippen LogP contribution in [0.2, 0.25) is 0 Å². The summed E-state index contributed by atoms with van der Waals surface area (Å²) in [6, 6.07) is 0. The van der Waals surface area contributed by atoms with Crippen LogP contribution in [-0.4, -0.2) is 29.8 Å². The lowest BCUT2D eigenvalue weighted by Gasteiger charge is -2.33. The van der Waals surface area contributed by atoms with Gasteiger partial charge in [-0.15, -0.1) is 0 Å². The van der Waals surface area contributed by atoms with Gasteiger partial charge in [0.05, 0.1) is 5.41 Å². The number of carbonyl (C=O) groups excluding carboxylic acids is 1. The lowest BCUT2D eigenvalue weighted by atomic mass is 9.74. The fraction of sp³-hybridized carbons (Fsp3) is 0.846. The molecule has 0 aliphatic heterocycles. The van der Waals surface area contributed by atoms with E-state index in [0.717, 1.165) is 25.7 Å². The van der Waals surface area contributed by atoms with Crippen molar-refractivity contribution in [3.05, 3.63) is 0 Å². The summed E-state index contributed by atoms with van der Waals surface area (Å²) in [5.41, 5.74) is -0.799. The molecule has 0 aromatic rings. The number of aliphatic carboxylic acids is 1. The highest BCUT2D eigenvalue weighted by Gasteiger charge is 2.39. The van der Waals surface area contributed by atoms with Gasteiger partial charge in [0.1, 0.15) is 6.10 Å². The highest BCUT2D eigenvalue weighted by Crippen LogP contribution is 2.35. The maximum atomic E-state index is 11.5. The van der Waals surface area contributed by atoms with Crippen molar-refractivity contribution >= 4 is 12.1 Å². The molecule has 18 heavy (non-hydrogen) atoms. The summed E-state index contributed by atoms with van der Waals surface area (Å²) in [7, 11) is 0. The Morgan fingerprint density at radius 2 is 1.94 bits per heavy atom. The normalized spacial score (nSPS) is 19.9. The quantitative estimate of drug-likeness (QED) is 0.793. The Labute approximate surface area is 108 Å². The molecule has 1 rings (SSSR count). The van der Waals surface area contributed by atoms with Gasteiger partial charge in [-0.2, -0.15) is 0 Å². The number of carboxylic acids is 1. The van der Waals surface area contributed by atoms with Crippen molar-refractivity contribution in [3.63, 3.8) is 0 Å². The molecule has 1 atom stereocenters. The van der Waals surface area contributed by atoms with Gasteiger partial charge in [-0.3, -0.25) is 4.79 Å². The lowest BCUT2D eigenvalue weighted by Crippen LogP contribution is -2.44. The molecule has 1 aliphatic carbocycles. The van der Waals surface area contributed by atoms with E-state index in [2.05, 4.69) is 5.32 Å². The van der Waals surface area contributed by atoms with E-state index in [-0.39, 0.29) is 12.6 Å². The fourth-order valence-electron chi connectivity index (χ4n) is 2.24. The van der Waals surface area contributed by atoms with Crippen LogP contribution in [0.4, 0.5) is 4.79 Å². The van der Waals surface area contributed by atoms with Gasteiger partial charge >= 0.3 is 12.1 Å². The van der Waals surface area contributed by atoms with E-state index in [4.69, 9.17) is 4.74 Å². The van der Waals surface area contributed by atoms with Crippen molar-refractivity contribution in [1.82, 2.24) is 5.32 Å². The SMILES string of the molecule is CCC(C)OC(=O)NCC1(C(=O)O)CCCCC1. The number of amides is 1. The van der Waals surface area contributed by atoms with Crippen molar-refractivity contribution in [2.24, 2.45) is 5.41 Å². The summed E-state index contributed by atoms with van der Waals surface area (Å²) in [6.45, 7) is 3.91. The first-order chi connectivity index (χ1) is 8.50. The average Bonchev–Trinajstić information content (AvgIpc) is 2.37. The number of ether oxygens (including phenoxy) is 1. The lowest BCUT2D eigenvalue weighted by molar-refractivity contribution is -0.150. The summed E-state index contributed by atoms with van der Waals surface area (Å²) in [6.07, 6.45) is 4.25. The monoisotopic (exact) mass is 257 g/mol. The van der Waals surface area contributed by atoms with Crippen LogP contribution in [0.1, 0.15) is 52.4 Å². The molecule has 0 aromatic carbocycles. The van der Waals surface area contributed by atoms with E-state index in [1.165, 1.54) is 0 Å². The first kappa shape index (κ1) is 14.8. The van der Waals surface area contributed by atoms with Crippen molar-refractivity contribution in [1.29, 1.82) is 0 Å². The average molecular weight is 257 g/mol. The number of hydrogen-bond acceptors (Lipinski definition) is 3. The fourth-order valence-corrected chi connectivity index (χ4v) is 2.24. The van der Waals surface area contributed by atoms with Crippen molar-refractivity contribution in [2.45, 2.75) is 58.5 Å². The van der Waals surface area contributed by atoms with Gasteiger partial charge in [0.2, 0.25) is 0 Å². The van der Waals surface area contributed by atoms with E-state index in [1.54, 1.807) is 0 Å². The van der Waals surface area contributed by atoms with Gasteiger partial charge in [-0.25, -0.2) is 4.79 Å². The molecular formula is C13H23NO4. The third kappa shape index (κ3) is 3.89. The van der Waals surface area contributed by atoms with Gasteiger partial charge in [0.25, 0.3) is 0 Å². The molecule has 0 bridgehead atoms. The van der Waals surface area contributed by atoms with E-state index in [1.807, 2.05) is 13.8 Å². The largest absolute Gasteiger partial charge is 0.481 e. The summed E-state index contributed by atoms with van der Waals surface area (Å²) < 4.78 is 5.07. The molecule has 0 aromatic heterocycles. The second kappa shape index (κ2) is 6.61. The molecule has 1 aliphatic rings. The molecule has 1 fully saturated rings. The highest BCUT2D eigenvalue weighted by atomic mass is 16.6. The zero-order valence-corrected chi connectivity index (χ0v) is 11.2. The molecule has 2 N–H and O–H groups in total. The van der Waals surface area contributed by atoms with Gasteiger partial charge in [0.15, 0.2) is 0 Å². The minimum atomic E-state index is -0.814. The Kier molecular flexibility index (Phi) is 5.44. The van der Waals surface area contributed by atoms with Crippen LogP contribution >= 0.6 is 0 Å². The van der Waals surface area contributed by atoms with Crippen LogP contribution in [0, 0.1) is 5.41 Å². The number of carboxylic acid groups (broad SMARTS) is 1. The number of hydrogen-bond donors (Lipinski definition) is 2. The molecule has 5 heteroatoms. The number of rotatable bonds is 5. The van der Waals surface area contributed by atoms with E-state index in [0.29, 0.717) is 12.8 Å². The van der Waals surface area contributed by atoms with Gasteiger partial charge in [0, 0.05) is 6.54 Å². The van der Waals surface area contributed by atoms with Crippen LogP contribution in [0.15, 0.2) is 0 Å². The molecule has 0 heterocycles. The number of carbonyl (C=O) groups is 2. The van der Waals surface area contributed by atoms with Gasteiger partial charge < -0.3 is 15.2 Å². The second-order valence-corrected chi connectivity index (χ2v) is 5.12. The Bertz CT molecular complexity index is 297. The summed E-state index contributed by atoms with van der Waals surface area (Å²) in [5, 5.41) is 11.9. The second-order valence-electron chi connectivity index (χ2n) is 5.12. The van der Waals surface area contributed by atoms with Gasteiger partial charge in [-0.1, -0.05) is 26.2 Å². The molecule has 0 radical (unpaired) electrons.